The number of hydrogen-bond donors (Lipinski definition) is 2. The first-order valence-corrected chi connectivity index (χ1v) is 6.01. The molecule has 0 aromatic carbocycles. The van der Waals surface area contributed by atoms with Crippen molar-refractivity contribution in [3.8, 4) is 0 Å². The summed E-state index contributed by atoms with van der Waals surface area (Å²) in [4.78, 5) is 19.2. The molecular weight excluding hydrogens is 226 g/mol. The van der Waals surface area contributed by atoms with E-state index < -0.39 is 6.10 Å². The van der Waals surface area contributed by atoms with Crippen LogP contribution < -0.4 is 5.32 Å². The summed E-state index contributed by atoms with van der Waals surface area (Å²) in [5.74, 6) is 0.422. The van der Waals surface area contributed by atoms with Gasteiger partial charge in [0.25, 0.3) is 0 Å². The second kappa shape index (κ2) is 6.44. The number of nitrogens with zero attached hydrogens (tertiary/aromatic N) is 2. The number of carbonyl (C=O) groups is 1. The summed E-state index contributed by atoms with van der Waals surface area (Å²) in [6, 6.07) is 1.68. The fourth-order valence-electron chi connectivity index (χ4n) is 0.871. The predicted octanol–water partition coefficient (Wildman–Crippen LogP) is 0.918. The van der Waals surface area contributed by atoms with E-state index in [9.17, 15) is 9.90 Å². The Balaban J connectivity index is 2.32. The van der Waals surface area contributed by atoms with Gasteiger partial charge in [0.05, 0.1) is 11.9 Å². The molecule has 5 nitrogen and oxygen atoms in total. The Kier molecular flexibility index (Phi) is 5.21. The molecule has 88 valence electrons. The van der Waals surface area contributed by atoms with E-state index in [1.54, 1.807) is 25.4 Å². The first kappa shape index (κ1) is 12.9. The van der Waals surface area contributed by atoms with Crippen LogP contribution in [0.3, 0.4) is 0 Å². The number of thioether (sulfide) groups is 1. The van der Waals surface area contributed by atoms with Crippen molar-refractivity contribution >= 4 is 23.6 Å². The second-order valence-electron chi connectivity index (χ2n) is 3.38. The number of hydrogen-bond acceptors (Lipinski definition) is 5. The van der Waals surface area contributed by atoms with Gasteiger partial charge < -0.3 is 5.11 Å². The standard InChI is InChI=1S/C10H15N3O2S/c1-7(14)8(2)16-6-9(15)13-10-11-4-3-5-12-10/h3-5,7-8,14H,6H2,1-2H3,(H,11,12,13,15). The van der Waals surface area contributed by atoms with E-state index in [2.05, 4.69) is 15.3 Å². The van der Waals surface area contributed by atoms with Crippen molar-refractivity contribution in [2.75, 3.05) is 11.1 Å². The van der Waals surface area contributed by atoms with Gasteiger partial charge in [0, 0.05) is 17.6 Å². The maximum atomic E-state index is 11.4. The molecule has 0 bridgehead atoms. The van der Waals surface area contributed by atoms with Gasteiger partial charge in [-0.25, -0.2) is 9.97 Å². The molecule has 1 heterocycles. The smallest absolute Gasteiger partial charge is 0.236 e. The minimum absolute atomic E-state index is 0.0300. The highest BCUT2D eigenvalue weighted by molar-refractivity contribution is 8.00. The van der Waals surface area contributed by atoms with E-state index in [0.717, 1.165) is 0 Å². The molecule has 6 heteroatoms. The molecule has 0 fully saturated rings. The Morgan fingerprint density at radius 2 is 2.12 bits per heavy atom. The molecule has 1 amide bonds. The normalized spacial score (nSPS) is 14.2. The van der Waals surface area contributed by atoms with Gasteiger partial charge in [-0.1, -0.05) is 6.92 Å². The minimum atomic E-state index is -0.425. The van der Waals surface area contributed by atoms with Crippen molar-refractivity contribution in [1.82, 2.24) is 9.97 Å². The van der Waals surface area contributed by atoms with Crippen LogP contribution in [0.4, 0.5) is 5.95 Å². The van der Waals surface area contributed by atoms with Crippen molar-refractivity contribution in [2.24, 2.45) is 0 Å². The van der Waals surface area contributed by atoms with Gasteiger partial charge in [-0.05, 0) is 13.0 Å². The average Bonchev–Trinajstić information content (AvgIpc) is 2.27. The molecule has 1 aromatic heterocycles. The predicted molar refractivity (Wildman–Crippen MR) is 64.3 cm³/mol. The maximum absolute atomic E-state index is 11.4. The lowest BCUT2D eigenvalue weighted by Gasteiger charge is -2.13. The summed E-state index contributed by atoms with van der Waals surface area (Å²) in [5, 5.41) is 11.8. The van der Waals surface area contributed by atoms with Crippen LogP contribution in [0.5, 0.6) is 0 Å². The summed E-state index contributed by atoms with van der Waals surface area (Å²) < 4.78 is 0. The zero-order valence-corrected chi connectivity index (χ0v) is 10.1. The quantitative estimate of drug-likeness (QED) is 0.801. The molecule has 0 aliphatic heterocycles. The summed E-state index contributed by atoms with van der Waals surface area (Å²) in [7, 11) is 0. The largest absolute Gasteiger partial charge is 0.392 e. The van der Waals surface area contributed by atoms with Crippen LogP contribution in [0, 0.1) is 0 Å². The zero-order valence-electron chi connectivity index (χ0n) is 9.25. The van der Waals surface area contributed by atoms with Gasteiger partial charge in [0.2, 0.25) is 11.9 Å². The van der Waals surface area contributed by atoms with E-state index in [0.29, 0.717) is 5.95 Å². The highest BCUT2D eigenvalue weighted by Gasteiger charge is 2.12. The van der Waals surface area contributed by atoms with Crippen molar-refractivity contribution in [1.29, 1.82) is 0 Å². The molecule has 0 saturated carbocycles. The Bertz CT molecular complexity index is 332. The van der Waals surface area contributed by atoms with Crippen LogP contribution in [0.2, 0.25) is 0 Å². The molecule has 16 heavy (non-hydrogen) atoms. The number of rotatable bonds is 5. The number of anilines is 1. The van der Waals surface area contributed by atoms with Gasteiger partial charge in [-0.15, -0.1) is 11.8 Å². The Morgan fingerprint density at radius 3 is 2.69 bits per heavy atom. The molecule has 0 aliphatic carbocycles. The second-order valence-corrected chi connectivity index (χ2v) is 4.74. The highest BCUT2D eigenvalue weighted by Crippen LogP contribution is 2.13. The first-order chi connectivity index (χ1) is 7.59. The molecule has 0 aliphatic rings. The third-order valence-corrected chi connectivity index (χ3v) is 3.32. The fraction of sp³-hybridized carbons (Fsp3) is 0.500. The number of aliphatic hydroxyl groups excluding tert-OH is 1. The van der Waals surface area contributed by atoms with Gasteiger partial charge in [-0.3, -0.25) is 10.1 Å². The third kappa shape index (κ3) is 4.59. The number of aromatic nitrogens is 2. The topological polar surface area (TPSA) is 75.1 Å². The minimum Gasteiger partial charge on any atom is -0.392 e. The number of carbonyl (C=O) groups excluding carboxylic acids is 1. The SMILES string of the molecule is CC(O)C(C)SCC(=O)Nc1ncccn1. The van der Waals surface area contributed by atoms with Crippen molar-refractivity contribution in [3.63, 3.8) is 0 Å². The summed E-state index contributed by atoms with van der Waals surface area (Å²) in [5.41, 5.74) is 0. The van der Waals surface area contributed by atoms with Gasteiger partial charge in [-0.2, -0.15) is 0 Å². The van der Waals surface area contributed by atoms with Gasteiger partial charge in [0.15, 0.2) is 0 Å². The summed E-state index contributed by atoms with van der Waals surface area (Å²) in [6.45, 7) is 3.58. The molecular formula is C10H15N3O2S. The van der Waals surface area contributed by atoms with Crippen LogP contribution in [0.15, 0.2) is 18.5 Å². The Morgan fingerprint density at radius 1 is 1.50 bits per heavy atom. The molecule has 2 unspecified atom stereocenters. The lowest BCUT2D eigenvalue weighted by atomic mass is 10.3. The van der Waals surface area contributed by atoms with E-state index in [4.69, 9.17) is 0 Å². The Labute approximate surface area is 98.7 Å². The fourth-order valence-corrected chi connectivity index (χ4v) is 1.64. The lowest BCUT2D eigenvalue weighted by molar-refractivity contribution is -0.113. The molecule has 1 rings (SSSR count). The number of nitrogens with one attached hydrogen (secondary N) is 1. The van der Waals surface area contributed by atoms with Crippen LogP contribution >= 0.6 is 11.8 Å². The molecule has 2 N–H and O–H groups in total. The lowest BCUT2D eigenvalue weighted by Crippen LogP contribution is -2.21. The monoisotopic (exact) mass is 241 g/mol. The zero-order chi connectivity index (χ0) is 12.0. The third-order valence-electron chi connectivity index (χ3n) is 1.97. The molecule has 1 aromatic rings. The van der Waals surface area contributed by atoms with Crippen LogP contribution in [0.1, 0.15) is 13.8 Å². The number of amides is 1. The first-order valence-electron chi connectivity index (χ1n) is 4.96. The van der Waals surface area contributed by atoms with Crippen LogP contribution in [0.25, 0.3) is 0 Å². The summed E-state index contributed by atoms with van der Waals surface area (Å²) in [6.07, 6.45) is 2.70. The maximum Gasteiger partial charge on any atom is 0.236 e. The molecule has 2 atom stereocenters. The summed E-state index contributed by atoms with van der Waals surface area (Å²) >= 11 is 1.39. The van der Waals surface area contributed by atoms with Crippen molar-refractivity contribution < 1.29 is 9.90 Å². The average molecular weight is 241 g/mol. The van der Waals surface area contributed by atoms with E-state index in [1.165, 1.54) is 11.8 Å². The molecule has 0 radical (unpaired) electrons. The van der Waals surface area contributed by atoms with E-state index in [1.807, 2.05) is 6.92 Å². The van der Waals surface area contributed by atoms with Crippen LogP contribution in [-0.2, 0) is 4.79 Å². The van der Waals surface area contributed by atoms with Crippen molar-refractivity contribution in [3.05, 3.63) is 18.5 Å². The Hall–Kier alpha value is -1.14. The van der Waals surface area contributed by atoms with Gasteiger partial charge >= 0.3 is 0 Å². The number of aliphatic hydroxyl groups is 1. The highest BCUT2D eigenvalue weighted by atomic mass is 32.2. The molecule has 0 spiro atoms. The van der Waals surface area contributed by atoms with E-state index >= 15 is 0 Å². The van der Waals surface area contributed by atoms with Crippen LogP contribution in [-0.4, -0.2) is 38.1 Å². The van der Waals surface area contributed by atoms with E-state index in [-0.39, 0.29) is 16.9 Å². The molecule has 0 saturated heterocycles. The van der Waals surface area contributed by atoms with Crippen molar-refractivity contribution in [2.45, 2.75) is 25.2 Å². The van der Waals surface area contributed by atoms with Gasteiger partial charge in [0.1, 0.15) is 0 Å².